The summed E-state index contributed by atoms with van der Waals surface area (Å²) in [6.45, 7) is 0.414. The lowest BCUT2D eigenvalue weighted by Crippen LogP contribution is -2.36. The summed E-state index contributed by atoms with van der Waals surface area (Å²) >= 11 is 0. The van der Waals surface area contributed by atoms with Gasteiger partial charge in [-0.15, -0.1) is 0 Å². The molecule has 0 spiro atoms. The number of carbonyl (C=O) groups is 1. The van der Waals surface area contributed by atoms with Crippen LogP contribution in [0.4, 0.5) is 0 Å². The van der Waals surface area contributed by atoms with Crippen LogP contribution in [-0.2, 0) is 27.7 Å². The minimum absolute atomic E-state index is 0.121. The maximum Gasteiger partial charge on any atom is 0.304 e. The first-order chi connectivity index (χ1) is 9.98. The Morgan fingerprint density at radius 2 is 2.00 bits per heavy atom. The maximum atomic E-state index is 12.8. The topological polar surface area (TPSA) is 74.7 Å². The molecule has 21 heavy (non-hydrogen) atoms. The first kappa shape index (κ1) is 14.5. The summed E-state index contributed by atoms with van der Waals surface area (Å²) in [5, 5.41) is 8.93. The van der Waals surface area contributed by atoms with Crippen LogP contribution in [0.1, 0.15) is 36.8 Å². The van der Waals surface area contributed by atoms with Gasteiger partial charge in [0, 0.05) is 12.6 Å². The second-order valence-electron chi connectivity index (χ2n) is 5.79. The molecule has 0 saturated carbocycles. The van der Waals surface area contributed by atoms with Gasteiger partial charge in [0.05, 0.1) is 11.3 Å². The Balaban J connectivity index is 1.91. The van der Waals surface area contributed by atoms with Crippen LogP contribution in [0.25, 0.3) is 0 Å². The fourth-order valence-electron chi connectivity index (χ4n) is 3.38. The Morgan fingerprint density at radius 3 is 2.76 bits per heavy atom. The quantitative estimate of drug-likeness (QED) is 0.920. The van der Waals surface area contributed by atoms with E-state index in [-0.39, 0.29) is 6.42 Å². The summed E-state index contributed by atoms with van der Waals surface area (Å²) in [7, 11) is -3.59. The van der Waals surface area contributed by atoms with Gasteiger partial charge < -0.3 is 5.11 Å². The third-order valence-corrected chi connectivity index (χ3v) is 6.36. The van der Waals surface area contributed by atoms with Gasteiger partial charge in [-0.3, -0.25) is 4.79 Å². The van der Waals surface area contributed by atoms with Gasteiger partial charge >= 0.3 is 5.97 Å². The highest BCUT2D eigenvalue weighted by molar-refractivity contribution is 7.89. The van der Waals surface area contributed by atoms with Crippen LogP contribution in [0.15, 0.2) is 23.1 Å². The van der Waals surface area contributed by atoms with E-state index < -0.39 is 22.0 Å². The Bertz CT molecular complexity index is 668. The second kappa shape index (κ2) is 5.42. The highest BCUT2D eigenvalue weighted by atomic mass is 32.2. The third kappa shape index (κ3) is 2.70. The van der Waals surface area contributed by atoms with Crippen LogP contribution in [0, 0.1) is 0 Å². The molecule has 2 aliphatic rings. The van der Waals surface area contributed by atoms with Crippen LogP contribution in [-0.4, -0.2) is 36.4 Å². The molecule has 1 atom stereocenters. The number of carboxylic acids is 1. The van der Waals surface area contributed by atoms with E-state index in [2.05, 4.69) is 0 Å². The molecule has 0 bridgehead atoms. The first-order valence-electron chi connectivity index (χ1n) is 7.34. The summed E-state index contributed by atoms with van der Waals surface area (Å²) in [5.41, 5.74) is 2.35. The van der Waals surface area contributed by atoms with Crippen molar-refractivity contribution in [3.8, 4) is 0 Å². The van der Waals surface area contributed by atoms with E-state index in [9.17, 15) is 13.2 Å². The van der Waals surface area contributed by atoms with E-state index in [1.54, 1.807) is 12.1 Å². The predicted octanol–water partition coefficient (Wildman–Crippen LogP) is 1.80. The zero-order valence-electron chi connectivity index (χ0n) is 11.8. The molecule has 5 nitrogen and oxygen atoms in total. The second-order valence-corrected chi connectivity index (χ2v) is 7.68. The first-order valence-corrected chi connectivity index (χ1v) is 8.78. The van der Waals surface area contributed by atoms with Crippen molar-refractivity contribution in [2.45, 2.75) is 49.5 Å². The van der Waals surface area contributed by atoms with Gasteiger partial charge in [-0.1, -0.05) is 6.07 Å². The summed E-state index contributed by atoms with van der Waals surface area (Å²) in [4.78, 5) is 11.2. The number of hydrogen-bond donors (Lipinski definition) is 1. The molecule has 0 amide bonds. The average Bonchev–Trinajstić information content (AvgIpc) is 3.05. The SMILES string of the molecule is O=C(O)CC1CCCN1S(=O)(=O)c1ccc2c(c1)CCC2. The van der Waals surface area contributed by atoms with Gasteiger partial charge in [-0.25, -0.2) is 8.42 Å². The van der Waals surface area contributed by atoms with E-state index in [0.717, 1.165) is 31.2 Å². The molecule has 0 radical (unpaired) electrons. The molecule has 1 saturated heterocycles. The highest BCUT2D eigenvalue weighted by Gasteiger charge is 2.36. The van der Waals surface area contributed by atoms with Crippen molar-refractivity contribution in [3.05, 3.63) is 29.3 Å². The summed E-state index contributed by atoms with van der Waals surface area (Å²) in [6, 6.07) is 4.92. The molecule has 114 valence electrons. The fourth-order valence-corrected chi connectivity index (χ4v) is 5.12. The Kier molecular flexibility index (Phi) is 3.75. The van der Waals surface area contributed by atoms with Crippen LogP contribution < -0.4 is 0 Å². The molecule has 1 unspecified atom stereocenters. The van der Waals surface area contributed by atoms with Crippen molar-refractivity contribution in [1.29, 1.82) is 0 Å². The van der Waals surface area contributed by atoms with Crippen molar-refractivity contribution in [2.24, 2.45) is 0 Å². The van der Waals surface area contributed by atoms with E-state index >= 15 is 0 Å². The number of nitrogens with zero attached hydrogens (tertiary/aromatic N) is 1. The van der Waals surface area contributed by atoms with Crippen molar-refractivity contribution in [2.75, 3.05) is 6.54 Å². The lowest BCUT2D eigenvalue weighted by molar-refractivity contribution is -0.137. The number of sulfonamides is 1. The lowest BCUT2D eigenvalue weighted by Gasteiger charge is -2.23. The summed E-state index contributed by atoms with van der Waals surface area (Å²) in [5.74, 6) is -0.948. The molecule has 1 heterocycles. The van der Waals surface area contributed by atoms with Crippen molar-refractivity contribution in [3.63, 3.8) is 0 Å². The molecule has 3 rings (SSSR count). The van der Waals surface area contributed by atoms with Gasteiger partial charge in [0.1, 0.15) is 0 Å². The van der Waals surface area contributed by atoms with Crippen LogP contribution >= 0.6 is 0 Å². The Labute approximate surface area is 124 Å². The summed E-state index contributed by atoms with van der Waals surface area (Å²) in [6.07, 6.45) is 4.24. The highest BCUT2D eigenvalue weighted by Crippen LogP contribution is 2.30. The Hall–Kier alpha value is -1.40. The van der Waals surface area contributed by atoms with Crippen molar-refractivity contribution in [1.82, 2.24) is 4.31 Å². The molecule has 1 aromatic rings. The molecular formula is C15H19NO4S. The Morgan fingerprint density at radius 1 is 1.24 bits per heavy atom. The van der Waals surface area contributed by atoms with Crippen molar-refractivity contribution < 1.29 is 18.3 Å². The molecule has 1 aliphatic heterocycles. The van der Waals surface area contributed by atoms with Crippen LogP contribution in [0.3, 0.4) is 0 Å². The van der Waals surface area contributed by atoms with Gasteiger partial charge in [-0.05, 0) is 55.4 Å². The third-order valence-electron chi connectivity index (χ3n) is 4.41. The molecule has 1 N–H and O–H groups in total. The minimum Gasteiger partial charge on any atom is -0.481 e. The summed E-state index contributed by atoms with van der Waals surface area (Å²) < 4.78 is 26.9. The largest absolute Gasteiger partial charge is 0.481 e. The van der Waals surface area contributed by atoms with E-state index in [1.165, 1.54) is 9.87 Å². The van der Waals surface area contributed by atoms with E-state index in [1.807, 2.05) is 6.07 Å². The number of aliphatic carboxylic acids is 1. The van der Waals surface area contributed by atoms with Gasteiger partial charge in [-0.2, -0.15) is 4.31 Å². The fraction of sp³-hybridized carbons (Fsp3) is 0.533. The molecule has 0 aromatic heterocycles. The van der Waals surface area contributed by atoms with Gasteiger partial charge in [0.25, 0.3) is 0 Å². The van der Waals surface area contributed by atoms with Gasteiger partial charge in [0.2, 0.25) is 10.0 Å². The molecule has 6 heteroatoms. The maximum absolute atomic E-state index is 12.8. The van der Waals surface area contributed by atoms with Crippen LogP contribution in [0.5, 0.6) is 0 Å². The standard InChI is InChI=1S/C15H19NO4S/c17-15(18)10-13-5-2-8-16(13)21(19,20)14-7-6-11-3-1-4-12(11)9-14/h6-7,9,13H,1-5,8,10H2,(H,17,18). The minimum atomic E-state index is -3.59. The zero-order chi connectivity index (χ0) is 15.0. The lowest BCUT2D eigenvalue weighted by atomic mass is 10.1. The smallest absolute Gasteiger partial charge is 0.304 e. The number of aryl methyl sites for hydroxylation is 2. The number of benzene rings is 1. The normalized spacial score (nSPS) is 22.4. The van der Waals surface area contributed by atoms with Gasteiger partial charge in [0.15, 0.2) is 0 Å². The van der Waals surface area contributed by atoms with E-state index in [0.29, 0.717) is 17.9 Å². The zero-order valence-corrected chi connectivity index (χ0v) is 12.6. The molecular weight excluding hydrogens is 290 g/mol. The monoisotopic (exact) mass is 309 g/mol. The van der Waals surface area contributed by atoms with Crippen molar-refractivity contribution >= 4 is 16.0 Å². The van der Waals surface area contributed by atoms with Crippen LogP contribution in [0.2, 0.25) is 0 Å². The number of fused-ring (bicyclic) bond motifs is 1. The van der Waals surface area contributed by atoms with E-state index in [4.69, 9.17) is 5.11 Å². The molecule has 1 aromatic carbocycles. The number of hydrogen-bond acceptors (Lipinski definition) is 3. The number of rotatable bonds is 4. The molecule has 1 aliphatic carbocycles. The number of carboxylic acid groups (broad SMARTS) is 1. The predicted molar refractivity (Wildman–Crippen MR) is 77.6 cm³/mol. The molecule has 1 fully saturated rings. The average molecular weight is 309 g/mol.